The highest BCUT2D eigenvalue weighted by atomic mass is 79.9. The first-order chi connectivity index (χ1) is 9.76. The summed E-state index contributed by atoms with van der Waals surface area (Å²) in [6.45, 7) is 0.826. The van der Waals surface area contributed by atoms with E-state index in [1.165, 1.54) is 24.0 Å². The lowest BCUT2D eigenvalue weighted by molar-refractivity contribution is 0.415. The molecule has 0 radical (unpaired) electrons. The predicted molar refractivity (Wildman–Crippen MR) is 86.4 cm³/mol. The lowest BCUT2D eigenvalue weighted by atomic mass is 10.1. The molecule has 0 aliphatic heterocycles. The Kier molecular flexibility index (Phi) is 3.97. The molecule has 2 aromatic rings. The van der Waals surface area contributed by atoms with E-state index in [1.54, 1.807) is 7.11 Å². The van der Waals surface area contributed by atoms with Gasteiger partial charge in [0, 0.05) is 17.1 Å². The Morgan fingerprint density at radius 3 is 2.80 bits per heavy atom. The molecule has 0 amide bonds. The van der Waals surface area contributed by atoms with Crippen LogP contribution in [0.3, 0.4) is 0 Å². The SMILES string of the molecule is COc1ccc(Br)c(NCc2cccc(C3CC3)c2)c1. The molecular weight excluding hydrogens is 314 g/mol. The summed E-state index contributed by atoms with van der Waals surface area (Å²) in [4.78, 5) is 0. The Balaban J connectivity index is 1.71. The number of hydrogen-bond donors (Lipinski definition) is 1. The average Bonchev–Trinajstić information content (AvgIpc) is 3.31. The molecule has 0 unspecified atom stereocenters. The quantitative estimate of drug-likeness (QED) is 0.837. The third-order valence-electron chi connectivity index (χ3n) is 3.66. The Hall–Kier alpha value is -1.48. The maximum atomic E-state index is 5.26. The van der Waals surface area contributed by atoms with Crippen molar-refractivity contribution in [3.8, 4) is 5.75 Å². The van der Waals surface area contributed by atoms with E-state index in [-0.39, 0.29) is 0 Å². The summed E-state index contributed by atoms with van der Waals surface area (Å²) in [5.41, 5.74) is 3.86. The van der Waals surface area contributed by atoms with Gasteiger partial charge in [-0.05, 0) is 57.9 Å². The number of methoxy groups -OCH3 is 1. The fourth-order valence-corrected chi connectivity index (χ4v) is 2.72. The van der Waals surface area contributed by atoms with E-state index in [2.05, 4.69) is 45.5 Å². The van der Waals surface area contributed by atoms with Gasteiger partial charge in [0.15, 0.2) is 0 Å². The van der Waals surface area contributed by atoms with Gasteiger partial charge in [-0.15, -0.1) is 0 Å². The van der Waals surface area contributed by atoms with Gasteiger partial charge in [0.2, 0.25) is 0 Å². The second kappa shape index (κ2) is 5.88. The van der Waals surface area contributed by atoms with Gasteiger partial charge >= 0.3 is 0 Å². The highest BCUT2D eigenvalue weighted by molar-refractivity contribution is 9.10. The standard InChI is InChI=1S/C17H18BrNO/c1-20-15-7-8-16(18)17(10-15)19-11-12-3-2-4-14(9-12)13-5-6-13/h2-4,7-10,13,19H,5-6,11H2,1H3. The van der Waals surface area contributed by atoms with Crippen molar-refractivity contribution < 1.29 is 4.74 Å². The molecule has 0 aromatic heterocycles. The maximum Gasteiger partial charge on any atom is 0.121 e. The topological polar surface area (TPSA) is 21.3 Å². The van der Waals surface area contributed by atoms with Crippen LogP contribution in [0.1, 0.15) is 29.9 Å². The molecule has 1 aliphatic rings. The molecule has 3 rings (SSSR count). The van der Waals surface area contributed by atoms with Crippen molar-refractivity contribution in [1.82, 2.24) is 0 Å². The van der Waals surface area contributed by atoms with Gasteiger partial charge in [0.25, 0.3) is 0 Å². The number of hydrogen-bond acceptors (Lipinski definition) is 2. The van der Waals surface area contributed by atoms with E-state index in [1.807, 2.05) is 18.2 Å². The van der Waals surface area contributed by atoms with E-state index in [4.69, 9.17) is 4.74 Å². The van der Waals surface area contributed by atoms with Crippen molar-refractivity contribution in [3.63, 3.8) is 0 Å². The van der Waals surface area contributed by atoms with Crippen LogP contribution < -0.4 is 10.1 Å². The van der Waals surface area contributed by atoms with Gasteiger partial charge in [-0.1, -0.05) is 24.3 Å². The molecule has 0 spiro atoms. The molecule has 2 nitrogen and oxygen atoms in total. The lowest BCUT2D eigenvalue weighted by Gasteiger charge is -2.11. The number of rotatable bonds is 5. The molecule has 20 heavy (non-hydrogen) atoms. The lowest BCUT2D eigenvalue weighted by Crippen LogP contribution is -2.01. The highest BCUT2D eigenvalue weighted by Crippen LogP contribution is 2.40. The van der Waals surface area contributed by atoms with Gasteiger partial charge in [-0.3, -0.25) is 0 Å². The fraction of sp³-hybridized carbons (Fsp3) is 0.294. The summed E-state index contributed by atoms with van der Waals surface area (Å²) in [7, 11) is 1.69. The van der Waals surface area contributed by atoms with Gasteiger partial charge in [-0.25, -0.2) is 0 Å². The maximum absolute atomic E-state index is 5.26. The molecule has 0 saturated heterocycles. The molecular formula is C17H18BrNO. The van der Waals surface area contributed by atoms with Crippen molar-refractivity contribution in [2.75, 3.05) is 12.4 Å². The first-order valence-corrected chi connectivity index (χ1v) is 7.72. The molecule has 0 heterocycles. The van der Waals surface area contributed by atoms with E-state index in [0.29, 0.717) is 0 Å². The van der Waals surface area contributed by atoms with Crippen LogP contribution in [0.15, 0.2) is 46.9 Å². The molecule has 104 valence electrons. The third kappa shape index (κ3) is 3.15. The van der Waals surface area contributed by atoms with Crippen molar-refractivity contribution in [2.45, 2.75) is 25.3 Å². The van der Waals surface area contributed by atoms with Gasteiger partial charge < -0.3 is 10.1 Å². The Morgan fingerprint density at radius 1 is 1.20 bits per heavy atom. The third-order valence-corrected chi connectivity index (χ3v) is 4.35. The molecule has 3 heteroatoms. The second-order valence-corrected chi connectivity index (χ2v) is 6.07. The largest absolute Gasteiger partial charge is 0.497 e. The summed E-state index contributed by atoms with van der Waals surface area (Å²) in [5.74, 6) is 1.67. The van der Waals surface area contributed by atoms with Crippen molar-refractivity contribution >= 4 is 21.6 Å². The van der Waals surface area contributed by atoms with Crippen LogP contribution in [0.2, 0.25) is 0 Å². The minimum atomic E-state index is 0.804. The zero-order chi connectivity index (χ0) is 13.9. The monoisotopic (exact) mass is 331 g/mol. The van der Waals surface area contributed by atoms with E-state index < -0.39 is 0 Å². The minimum absolute atomic E-state index is 0.804. The smallest absolute Gasteiger partial charge is 0.121 e. The molecule has 1 fully saturated rings. The summed E-state index contributed by atoms with van der Waals surface area (Å²) in [6.07, 6.45) is 2.69. The molecule has 1 N–H and O–H groups in total. The normalized spacial score (nSPS) is 14.1. The zero-order valence-corrected chi connectivity index (χ0v) is 13.1. The number of anilines is 1. The Labute approximate surface area is 128 Å². The van der Waals surface area contributed by atoms with E-state index in [9.17, 15) is 0 Å². The van der Waals surface area contributed by atoms with Gasteiger partial charge in [0.05, 0.1) is 12.8 Å². The van der Waals surface area contributed by atoms with Crippen LogP contribution in [0.4, 0.5) is 5.69 Å². The number of nitrogens with one attached hydrogen (secondary N) is 1. The number of halogens is 1. The van der Waals surface area contributed by atoms with Crippen LogP contribution >= 0.6 is 15.9 Å². The van der Waals surface area contributed by atoms with Crippen molar-refractivity contribution in [3.05, 3.63) is 58.1 Å². The summed E-state index contributed by atoms with van der Waals surface area (Å²) in [5, 5.41) is 3.46. The van der Waals surface area contributed by atoms with Gasteiger partial charge in [0.1, 0.15) is 5.75 Å². The zero-order valence-electron chi connectivity index (χ0n) is 11.5. The number of benzene rings is 2. The average molecular weight is 332 g/mol. The van der Waals surface area contributed by atoms with Crippen LogP contribution in [-0.2, 0) is 6.54 Å². The van der Waals surface area contributed by atoms with Crippen LogP contribution in [-0.4, -0.2) is 7.11 Å². The van der Waals surface area contributed by atoms with Crippen molar-refractivity contribution in [2.24, 2.45) is 0 Å². The van der Waals surface area contributed by atoms with Crippen molar-refractivity contribution in [1.29, 1.82) is 0 Å². The summed E-state index contributed by atoms with van der Waals surface area (Å²) >= 11 is 3.56. The van der Waals surface area contributed by atoms with Crippen LogP contribution in [0.25, 0.3) is 0 Å². The molecule has 2 aromatic carbocycles. The first kappa shape index (κ1) is 13.5. The first-order valence-electron chi connectivity index (χ1n) is 6.92. The molecule has 1 aliphatic carbocycles. The van der Waals surface area contributed by atoms with E-state index in [0.717, 1.165) is 28.4 Å². The molecule has 0 atom stereocenters. The van der Waals surface area contributed by atoms with Crippen LogP contribution in [0.5, 0.6) is 5.75 Å². The van der Waals surface area contributed by atoms with Gasteiger partial charge in [-0.2, -0.15) is 0 Å². The van der Waals surface area contributed by atoms with Crippen LogP contribution in [0, 0.1) is 0 Å². The molecule has 1 saturated carbocycles. The Morgan fingerprint density at radius 2 is 2.05 bits per heavy atom. The summed E-state index contributed by atoms with van der Waals surface area (Å²) < 4.78 is 6.31. The summed E-state index contributed by atoms with van der Waals surface area (Å²) in [6, 6.07) is 14.8. The highest BCUT2D eigenvalue weighted by Gasteiger charge is 2.23. The Bertz CT molecular complexity index is 608. The predicted octanol–water partition coefficient (Wildman–Crippen LogP) is 4.95. The second-order valence-electron chi connectivity index (χ2n) is 5.22. The molecule has 0 bridgehead atoms. The van der Waals surface area contributed by atoms with E-state index >= 15 is 0 Å². The minimum Gasteiger partial charge on any atom is -0.497 e. The fourth-order valence-electron chi connectivity index (χ4n) is 2.34. The number of ether oxygens (including phenoxy) is 1.